The lowest BCUT2D eigenvalue weighted by molar-refractivity contribution is -0.111. The minimum absolute atomic E-state index is 0.239. The number of nitrogens with zero attached hydrogens (tertiary/aromatic N) is 3. The summed E-state index contributed by atoms with van der Waals surface area (Å²) >= 11 is 1.62. The fraction of sp³-hybridized carbons (Fsp3) is 0.0870. The number of carbonyl (C=O) groups is 1. The third kappa shape index (κ3) is 4.69. The minimum atomic E-state index is -0.296. The highest BCUT2D eigenvalue weighted by Gasteiger charge is 2.09. The first kappa shape index (κ1) is 19.7. The Morgan fingerprint density at radius 3 is 2.63 bits per heavy atom. The summed E-state index contributed by atoms with van der Waals surface area (Å²) in [5.74, 6) is -0.536. The SMILES string of the molecule is Cn1ncc(/C=C/C(=O)Nc2ccc(Cc3nccs3)cc2)c1-c1ccc(F)cc1. The maximum absolute atomic E-state index is 13.2. The lowest BCUT2D eigenvalue weighted by atomic mass is 10.1. The number of amides is 1. The predicted molar refractivity (Wildman–Crippen MR) is 118 cm³/mol. The highest BCUT2D eigenvalue weighted by molar-refractivity contribution is 7.09. The molecule has 0 bridgehead atoms. The molecule has 2 aromatic carbocycles. The minimum Gasteiger partial charge on any atom is -0.323 e. The van der Waals surface area contributed by atoms with Gasteiger partial charge in [-0.25, -0.2) is 9.37 Å². The summed E-state index contributed by atoms with van der Waals surface area (Å²) in [6.07, 6.45) is 7.42. The van der Waals surface area contributed by atoms with Crippen molar-refractivity contribution in [3.63, 3.8) is 0 Å². The third-order valence-electron chi connectivity index (χ3n) is 4.56. The van der Waals surface area contributed by atoms with E-state index < -0.39 is 0 Å². The molecule has 0 saturated heterocycles. The van der Waals surface area contributed by atoms with Crippen LogP contribution in [-0.2, 0) is 18.3 Å². The van der Waals surface area contributed by atoms with Crippen LogP contribution in [-0.4, -0.2) is 20.7 Å². The zero-order valence-electron chi connectivity index (χ0n) is 16.2. The number of aryl methyl sites for hydroxylation is 1. The van der Waals surface area contributed by atoms with Gasteiger partial charge in [0, 0.05) is 47.9 Å². The molecular weight excluding hydrogens is 399 g/mol. The van der Waals surface area contributed by atoms with E-state index in [-0.39, 0.29) is 11.7 Å². The van der Waals surface area contributed by atoms with Crippen molar-refractivity contribution >= 4 is 29.0 Å². The highest BCUT2D eigenvalue weighted by atomic mass is 32.1. The lowest BCUT2D eigenvalue weighted by Gasteiger charge is -2.05. The van der Waals surface area contributed by atoms with E-state index in [9.17, 15) is 9.18 Å². The Kier molecular flexibility index (Phi) is 5.81. The molecule has 4 aromatic rings. The van der Waals surface area contributed by atoms with Gasteiger partial charge in [-0.2, -0.15) is 5.10 Å². The van der Waals surface area contributed by atoms with E-state index >= 15 is 0 Å². The summed E-state index contributed by atoms with van der Waals surface area (Å²) in [4.78, 5) is 16.6. The molecule has 1 N–H and O–H groups in total. The molecule has 0 saturated carbocycles. The second kappa shape index (κ2) is 8.84. The van der Waals surface area contributed by atoms with Gasteiger partial charge in [0.2, 0.25) is 5.91 Å². The molecule has 2 aromatic heterocycles. The zero-order chi connectivity index (χ0) is 20.9. The summed E-state index contributed by atoms with van der Waals surface area (Å²) in [6, 6.07) is 13.9. The van der Waals surface area contributed by atoms with Crippen molar-refractivity contribution in [3.05, 3.63) is 94.3 Å². The number of rotatable bonds is 6. The molecule has 4 rings (SSSR count). The number of carbonyl (C=O) groups excluding carboxylic acids is 1. The van der Waals surface area contributed by atoms with Crippen LogP contribution in [0.4, 0.5) is 10.1 Å². The number of hydrogen-bond donors (Lipinski definition) is 1. The Hall–Kier alpha value is -3.58. The van der Waals surface area contributed by atoms with Gasteiger partial charge in [0.05, 0.1) is 16.9 Å². The van der Waals surface area contributed by atoms with Crippen molar-refractivity contribution in [2.75, 3.05) is 5.32 Å². The average Bonchev–Trinajstić information content (AvgIpc) is 3.38. The van der Waals surface area contributed by atoms with Crippen LogP contribution in [0.15, 0.2) is 72.4 Å². The van der Waals surface area contributed by atoms with Crippen molar-refractivity contribution in [3.8, 4) is 11.3 Å². The van der Waals surface area contributed by atoms with Crippen LogP contribution in [0.1, 0.15) is 16.1 Å². The molecule has 0 fully saturated rings. The standard InChI is InChI=1S/C23H19FN4OS/c1-28-23(17-4-7-19(24)8-5-17)18(15-26-28)6-11-21(29)27-20-9-2-16(3-10-20)14-22-25-12-13-30-22/h2-13,15H,14H2,1H3,(H,27,29)/b11-6+. The Morgan fingerprint density at radius 1 is 1.17 bits per heavy atom. The van der Waals surface area contributed by atoms with Gasteiger partial charge in [0.15, 0.2) is 0 Å². The molecule has 0 aliphatic heterocycles. The summed E-state index contributed by atoms with van der Waals surface area (Å²) in [7, 11) is 1.81. The summed E-state index contributed by atoms with van der Waals surface area (Å²) in [5, 5.41) is 10.1. The zero-order valence-corrected chi connectivity index (χ0v) is 17.1. The number of thiazole rings is 1. The van der Waals surface area contributed by atoms with Gasteiger partial charge in [0.25, 0.3) is 0 Å². The quantitative estimate of drug-likeness (QED) is 0.452. The smallest absolute Gasteiger partial charge is 0.248 e. The number of aromatic nitrogens is 3. The molecule has 30 heavy (non-hydrogen) atoms. The van der Waals surface area contributed by atoms with Gasteiger partial charge in [-0.15, -0.1) is 11.3 Å². The normalized spacial score (nSPS) is 11.1. The van der Waals surface area contributed by atoms with Crippen LogP contribution >= 0.6 is 11.3 Å². The molecule has 0 aliphatic rings. The van der Waals surface area contributed by atoms with Gasteiger partial charge in [-0.05, 0) is 48.0 Å². The molecule has 5 nitrogen and oxygen atoms in total. The van der Waals surface area contributed by atoms with E-state index in [0.717, 1.165) is 39.5 Å². The Bertz CT molecular complexity index is 1160. The van der Waals surface area contributed by atoms with Crippen LogP contribution in [0.2, 0.25) is 0 Å². The monoisotopic (exact) mass is 418 g/mol. The van der Waals surface area contributed by atoms with Crippen molar-refractivity contribution in [1.29, 1.82) is 0 Å². The summed E-state index contributed by atoms with van der Waals surface area (Å²) in [6.45, 7) is 0. The average molecular weight is 418 g/mol. The first-order valence-electron chi connectivity index (χ1n) is 9.33. The molecule has 0 unspecified atom stereocenters. The van der Waals surface area contributed by atoms with Gasteiger partial charge in [-0.1, -0.05) is 12.1 Å². The fourth-order valence-electron chi connectivity index (χ4n) is 3.11. The topological polar surface area (TPSA) is 59.8 Å². The van der Waals surface area contributed by atoms with Crippen molar-refractivity contribution < 1.29 is 9.18 Å². The molecule has 0 atom stereocenters. The van der Waals surface area contributed by atoms with Crippen LogP contribution in [0.3, 0.4) is 0 Å². The Balaban J connectivity index is 1.42. The summed E-state index contributed by atoms with van der Waals surface area (Å²) in [5.41, 5.74) is 4.27. The van der Waals surface area contributed by atoms with Gasteiger partial charge < -0.3 is 5.32 Å². The third-order valence-corrected chi connectivity index (χ3v) is 5.34. The molecule has 1 amide bonds. The number of benzene rings is 2. The maximum Gasteiger partial charge on any atom is 0.248 e. The summed E-state index contributed by atoms with van der Waals surface area (Å²) < 4.78 is 14.9. The van der Waals surface area contributed by atoms with Crippen molar-refractivity contribution in [2.45, 2.75) is 6.42 Å². The van der Waals surface area contributed by atoms with E-state index in [1.807, 2.05) is 36.7 Å². The first-order chi connectivity index (χ1) is 14.6. The molecule has 2 heterocycles. The largest absolute Gasteiger partial charge is 0.323 e. The van der Waals surface area contributed by atoms with Crippen molar-refractivity contribution in [1.82, 2.24) is 14.8 Å². The highest BCUT2D eigenvalue weighted by Crippen LogP contribution is 2.24. The number of halogens is 1. The number of hydrogen-bond acceptors (Lipinski definition) is 4. The fourth-order valence-corrected chi connectivity index (χ4v) is 3.76. The molecular formula is C23H19FN4OS. The maximum atomic E-state index is 13.2. The molecule has 0 spiro atoms. The van der Waals surface area contributed by atoms with E-state index in [0.29, 0.717) is 0 Å². The number of nitrogens with one attached hydrogen (secondary N) is 1. The second-order valence-electron chi connectivity index (χ2n) is 6.70. The lowest BCUT2D eigenvalue weighted by Crippen LogP contribution is -2.07. The molecule has 0 radical (unpaired) electrons. The second-order valence-corrected chi connectivity index (χ2v) is 7.68. The Labute approximate surface area is 177 Å². The van der Waals surface area contributed by atoms with Gasteiger partial charge in [0.1, 0.15) is 5.82 Å². The van der Waals surface area contributed by atoms with Crippen LogP contribution in [0.5, 0.6) is 0 Å². The van der Waals surface area contributed by atoms with Gasteiger partial charge >= 0.3 is 0 Å². The molecule has 7 heteroatoms. The van der Waals surface area contributed by atoms with E-state index in [4.69, 9.17) is 0 Å². The predicted octanol–water partition coefficient (Wildman–Crippen LogP) is 4.93. The van der Waals surface area contributed by atoms with E-state index in [2.05, 4.69) is 15.4 Å². The van der Waals surface area contributed by atoms with Crippen molar-refractivity contribution in [2.24, 2.45) is 7.05 Å². The van der Waals surface area contributed by atoms with Gasteiger partial charge in [-0.3, -0.25) is 9.48 Å². The van der Waals surface area contributed by atoms with E-state index in [1.54, 1.807) is 46.6 Å². The van der Waals surface area contributed by atoms with Crippen LogP contribution < -0.4 is 5.32 Å². The first-order valence-corrected chi connectivity index (χ1v) is 10.2. The Morgan fingerprint density at radius 2 is 1.93 bits per heavy atom. The van der Waals surface area contributed by atoms with E-state index in [1.165, 1.54) is 18.2 Å². The number of anilines is 1. The van der Waals surface area contributed by atoms with Crippen LogP contribution in [0, 0.1) is 5.82 Å². The molecule has 0 aliphatic carbocycles. The van der Waals surface area contributed by atoms with Crippen LogP contribution in [0.25, 0.3) is 17.3 Å². The molecule has 150 valence electrons.